The molecule has 12 heteroatoms. The second kappa shape index (κ2) is 11.3. The fourth-order valence-electron chi connectivity index (χ4n) is 1.22. The van der Waals surface area contributed by atoms with Crippen molar-refractivity contribution >= 4 is 20.2 Å². The van der Waals surface area contributed by atoms with Crippen molar-refractivity contribution in [2.45, 2.75) is 0 Å². The SMILES string of the molecule is C1COCCN1.C1COCCN1.O=S(=O)(O)CS(=O)(=O)O. The van der Waals surface area contributed by atoms with Crippen molar-refractivity contribution in [1.82, 2.24) is 10.6 Å². The number of ether oxygens (including phenoxy) is 2. The summed E-state index contributed by atoms with van der Waals surface area (Å²) in [6.07, 6.45) is 0. The predicted molar refractivity (Wildman–Crippen MR) is 75.3 cm³/mol. The lowest BCUT2D eigenvalue weighted by Gasteiger charge is -2.10. The lowest BCUT2D eigenvalue weighted by atomic mass is 10.5. The number of nitrogens with one attached hydrogen (secondary N) is 2. The van der Waals surface area contributed by atoms with Crippen molar-refractivity contribution < 1.29 is 35.4 Å². The first-order chi connectivity index (χ1) is 9.71. The van der Waals surface area contributed by atoms with E-state index in [1.807, 2.05) is 0 Å². The Morgan fingerprint density at radius 1 is 0.714 bits per heavy atom. The summed E-state index contributed by atoms with van der Waals surface area (Å²) in [6, 6.07) is 0. The Balaban J connectivity index is 0.000000293. The van der Waals surface area contributed by atoms with E-state index in [0.717, 1.165) is 52.6 Å². The maximum absolute atomic E-state index is 9.66. The molecule has 0 bridgehead atoms. The van der Waals surface area contributed by atoms with Gasteiger partial charge in [0.05, 0.1) is 26.4 Å². The highest BCUT2D eigenvalue weighted by molar-refractivity contribution is 8.02. The maximum atomic E-state index is 9.66. The molecule has 10 nitrogen and oxygen atoms in total. The van der Waals surface area contributed by atoms with Gasteiger partial charge in [-0.3, -0.25) is 9.11 Å². The first kappa shape index (κ1) is 20.7. The van der Waals surface area contributed by atoms with Crippen LogP contribution >= 0.6 is 0 Å². The Kier molecular flexibility index (Phi) is 11.1. The molecule has 2 aliphatic heterocycles. The highest BCUT2D eigenvalue weighted by Crippen LogP contribution is 1.88. The molecule has 0 amide bonds. The predicted octanol–water partition coefficient (Wildman–Crippen LogP) is -2.07. The van der Waals surface area contributed by atoms with Gasteiger partial charge in [0.25, 0.3) is 20.2 Å². The maximum Gasteiger partial charge on any atom is 0.281 e. The molecule has 0 radical (unpaired) electrons. The van der Waals surface area contributed by atoms with E-state index in [1.54, 1.807) is 0 Å². The highest BCUT2D eigenvalue weighted by Gasteiger charge is 2.15. The molecule has 2 rings (SSSR count). The van der Waals surface area contributed by atoms with Crippen LogP contribution in [-0.2, 0) is 29.7 Å². The Morgan fingerprint density at radius 3 is 1.05 bits per heavy atom. The molecule has 0 atom stereocenters. The van der Waals surface area contributed by atoms with E-state index < -0.39 is 25.3 Å². The summed E-state index contributed by atoms with van der Waals surface area (Å²) in [4.78, 5) is 0. The minimum atomic E-state index is -4.62. The van der Waals surface area contributed by atoms with Gasteiger partial charge in [-0.05, 0) is 0 Å². The smallest absolute Gasteiger partial charge is 0.281 e. The number of hydrogen-bond donors (Lipinski definition) is 4. The van der Waals surface area contributed by atoms with Crippen molar-refractivity contribution in [2.75, 3.05) is 57.7 Å². The van der Waals surface area contributed by atoms with Gasteiger partial charge in [0, 0.05) is 26.2 Å². The number of morpholine rings is 2. The topological polar surface area (TPSA) is 151 Å². The Hall–Kier alpha value is -0.340. The van der Waals surface area contributed by atoms with Gasteiger partial charge in [0.15, 0.2) is 0 Å². The van der Waals surface area contributed by atoms with Crippen LogP contribution in [-0.4, -0.2) is 83.6 Å². The van der Waals surface area contributed by atoms with Crippen molar-refractivity contribution in [2.24, 2.45) is 0 Å². The second-order valence-corrected chi connectivity index (χ2v) is 7.28. The Labute approximate surface area is 124 Å². The van der Waals surface area contributed by atoms with Gasteiger partial charge >= 0.3 is 0 Å². The summed E-state index contributed by atoms with van der Waals surface area (Å²) < 4.78 is 64.2. The zero-order chi connectivity index (χ0) is 16.2. The van der Waals surface area contributed by atoms with Gasteiger partial charge in [-0.25, -0.2) is 0 Å². The van der Waals surface area contributed by atoms with Crippen molar-refractivity contribution in [3.05, 3.63) is 0 Å². The van der Waals surface area contributed by atoms with Gasteiger partial charge in [-0.1, -0.05) is 0 Å². The van der Waals surface area contributed by atoms with Crippen molar-refractivity contribution in [1.29, 1.82) is 0 Å². The molecule has 0 aromatic carbocycles. The molecule has 0 saturated carbocycles. The molecule has 2 saturated heterocycles. The average Bonchev–Trinajstić information content (AvgIpc) is 2.40. The summed E-state index contributed by atoms with van der Waals surface area (Å²) in [5.41, 5.74) is 0. The van der Waals surface area contributed by atoms with Crippen LogP contribution in [0.15, 0.2) is 0 Å². The molecule has 4 N–H and O–H groups in total. The molecule has 0 aromatic heterocycles. The van der Waals surface area contributed by atoms with Gasteiger partial charge in [0.1, 0.15) is 0 Å². The minimum absolute atomic E-state index is 0.889. The molecule has 0 spiro atoms. The third kappa shape index (κ3) is 19.7. The standard InChI is InChI=1S/2C4H9NO.CH4O6S2/c2*1-3-6-4-2-5-1;2-8(3,4)1-9(5,6)7/h2*5H,1-4H2;1H2,(H,2,3,4)(H,5,6,7). The highest BCUT2D eigenvalue weighted by atomic mass is 32.3. The zero-order valence-corrected chi connectivity index (χ0v) is 13.2. The van der Waals surface area contributed by atoms with Gasteiger partial charge in [-0.2, -0.15) is 16.8 Å². The summed E-state index contributed by atoms with van der Waals surface area (Å²) in [5.74, 6) is 0. The molecule has 0 aromatic rings. The van der Waals surface area contributed by atoms with Crippen LogP contribution in [0.25, 0.3) is 0 Å². The van der Waals surface area contributed by atoms with Crippen LogP contribution in [0.2, 0.25) is 0 Å². The van der Waals surface area contributed by atoms with Crippen LogP contribution < -0.4 is 10.6 Å². The van der Waals surface area contributed by atoms with Crippen LogP contribution in [0, 0.1) is 0 Å². The van der Waals surface area contributed by atoms with Crippen molar-refractivity contribution in [3.8, 4) is 0 Å². The fourth-order valence-corrected chi connectivity index (χ4v) is 2.73. The van der Waals surface area contributed by atoms with Crippen molar-refractivity contribution in [3.63, 3.8) is 0 Å². The van der Waals surface area contributed by atoms with Gasteiger partial charge in [-0.15, -0.1) is 0 Å². The van der Waals surface area contributed by atoms with Gasteiger partial charge < -0.3 is 20.1 Å². The zero-order valence-electron chi connectivity index (χ0n) is 11.5. The molecule has 2 heterocycles. The van der Waals surface area contributed by atoms with Crippen LogP contribution in [0.5, 0.6) is 0 Å². The van der Waals surface area contributed by atoms with Gasteiger partial charge in [0.2, 0.25) is 5.08 Å². The van der Waals surface area contributed by atoms with E-state index in [0.29, 0.717) is 0 Å². The fraction of sp³-hybridized carbons (Fsp3) is 1.00. The molecule has 0 aliphatic carbocycles. The average molecular weight is 350 g/mol. The third-order valence-electron chi connectivity index (χ3n) is 1.99. The van der Waals surface area contributed by atoms with Crippen LogP contribution in [0.3, 0.4) is 0 Å². The Morgan fingerprint density at radius 2 is 1.00 bits per heavy atom. The lowest BCUT2D eigenvalue weighted by molar-refractivity contribution is 0.109. The van der Waals surface area contributed by atoms with E-state index in [1.165, 1.54) is 0 Å². The minimum Gasteiger partial charge on any atom is -0.379 e. The summed E-state index contributed by atoms with van der Waals surface area (Å²) in [7, 11) is -9.24. The first-order valence-electron chi connectivity index (χ1n) is 6.18. The quantitative estimate of drug-likeness (QED) is 0.409. The van der Waals surface area contributed by atoms with E-state index in [9.17, 15) is 16.8 Å². The molecule has 2 fully saturated rings. The molecular formula is C9H22N2O8S2. The van der Waals surface area contributed by atoms with E-state index in [2.05, 4.69) is 10.6 Å². The second-order valence-electron chi connectivity index (χ2n) is 4.01. The largest absolute Gasteiger partial charge is 0.379 e. The molecule has 2 aliphatic rings. The normalized spacial score (nSPS) is 19.5. The van der Waals surface area contributed by atoms with Crippen LogP contribution in [0.1, 0.15) is 0 Å². The number of rotatable bonds is 2. The summed E-state index contributed by atoms with van der Waals surface area (Å²) in [5, 5.41) is 4.67. The first-order valence-corrected chi connectivity index (χ1v) is 9.40. The monoisotopic (exact) mass is 350 g/mol. The Bertz CT molecular complexity index is 377. The third-order valence-corrected chi connectivity index (χ3v) is 4.37. The van der Waals surface area contributed by atoms with E-state index in [-0.39, 0.29) is 0 Å². The molecular weight excluding hydrogens is 328 g/mol. The van der Waals surface area contributed by atoms with Crippen LogP contribution in [0.4, 0.5) is 0 Å². The summed E-state index contributed by atoms with van der Waals surface area (Å²) in [6.45, 7) is 7.67. The lowest BCUT2D eigenvalue weighted by Crippen LogP contribution is -2.30. The molecule has 0 unspecified atom stereocenters. The van der Waals surface area contributed by atoms with E-state index in [4.69, 9.17) is 18.6 Å². The summed E-state index contributed by atoms with van der Waals surface area (Å²) >= 11 is 0. The molecule has 128 valence electrons. The van der Waals surface area contributed by atoms with E-state index >= 15 is 0 Å². The number of hydrogen-bond acceptors (Lipinski definition) is 8. The molecule has 21 heavy (non-hydrogen) atoms.